The summed E-state index contributed by atoms with van der Waals surface area (Å²) in [5.74, 6) is 0. The summed E-state index contributed by atoms with van der Waals surface area (Å²) in [6.45, 7) is 8.44. The quantitative estimate of drug-likeness (QED) is 0.404. The molecule has 0 aromatic rings. The summed E-state index contributed by atoms with van der Waals surface area (Å²) in [6.07, 6.45) is 1.92. The van der Waals surface area contributed by atoms with Crippen LogP contribution in [0.25, 0.3) is 0 Å². The van der Waals surface area contributed by atoms with Crippen LogP contribution in [0.3, 0.4) is 0 Å². The third kappa shape index (κ3) is 2.48. The molecule has 0 rings (SSSR count). The molecule has 0 N–H and O–H groups in total. The van der Waals surface area contributed by atoms with Crippen LogP contribution in [-0.4, -0.2) is 8.07 Å². The predicted molar refractivity (Wildman–Crippen MR) is 42.7 cm³/mol. The van der Waals surface area contributed by atoms with Gasteiger partial charge in [0.1, 0.15) is 0 Å². The molecular weight excluding hydrogens is 126 g/mol. The molecule has 0 saturated carbocycles. The fourth-order valence-corrected chi connectivity index (χ4v) is 1.87. The fourth-order valence-electron chi connectivity index (χ4n) is 0.665. The first-order chi connectivity index (χ1) is 4.02. The first kappa shape index (κ1) is 8.45. The summed E-state index contributed by atoms with van der Waals surface area (Å²) < 4.78 is 0. The second kappa shape index (κ2) is 2.84. The highest BCUT2D eigenvalue weighted by Gasteiger charge is 2.17. The number of rotatable bonds is 1. The largest absolute Gasteiger partial charge is 0.193 e. The van der Waals surface area contributed by atoms with Gasteiger partial charge in [-0.1, -0.05) is 25.7 Å². The van der Waals surface area contributed by atoms with Crippen molar-refractivity contribution in [3.05, 3.63) is 11.3 Å². The molecule has 0 aliphatic carbocycles. The van der Waals surface area contributed by atoms with Crippen LogP contribution in [0, 0.1) is 11.3 Å². The van der Waals surface area contributed by atoms with E-state index in [1.54, 1.807) is 0 Å². The van der Waals surface area contributed by atoms with E-state index in [0.29, 0.717) is 0 Å². The standard InChI is InChI=1S/C7H13NSi/c1-5-7(6-8)9(2,3)4/h5H,1-4H3. The highest BCUT2D eigenvalue weighted by molar-refractivity contribution is 6.84. The molecule has 0 radical (unpaired) electrons. The Balaban J connectivity index is 4.39. The Labute approximate surface area is 58.0 Å². The molecule has 50 valence electrons. The van der Waals surface area contributed by atoms with Crippen LogP contribution in [0.1, 0.15) is 6.92 Å². The van der Waals surface area contributed by atoms with Gasteiger partial charge in [0.2, 0.25) is 0 Å². The molecule has 1 nitrogen and oxygen atoms in total. The number of hydrogen-bond acceptors (Lipinski definition) is 1. The maximum absolute atomic E-state index is 8.58. The van der Waals surface area contributed by atoms with Crippen molar-refractivity contribution < 1.29 is 0 Å². The van der Waals surface area contributed by atoms with E-state index in [-0.39, 0.29) is 0 Å². The molecule has 9 heavy (non-hydrogen) atoms. The second-order valence-corrected chi connectivity index (χ2v) is 8.10. The van der Waals surface area contributed by atoms with E-state index in [1.807, 2.05) is 13.0 Å². The Hall–Kier alpha value is -0.553. The van der Waals surface area contributed by atoms with Crippen LogP contribution >= 0.6 is 0 Å². The molecule has 0 aromatic carbocycles. The van der Waals surface area contributed by atoms with Crippen molar-refractivity contribution in [1.29, 1.82) is 5.26 Å². The van der Waals surface area contributed by atoms with Crippen molar-refractivity contribution in [2.45, 2.75) is 26.6 Å². The number of nitriles is 1. The Bertz CT molecular complexity index is 157. The van der Waals surface area contributed by atoms with Gasteiger partial charge in [-0.2, -0.15) is 5.26 Å². The minimum Gasteiger partial charge on any atom is -0.193 e. The first-order valence-corrected chi connectivity index (χ1v) is 6.59. The third-order valence-electron chi connectivity index (χ3n) is 1.22. The molecule has 0 spiro atoms. The van der Waals surface area contributed by atoms with Gasteiger partial charge in [-0.3, -0.25) is 0 Å². The van der Waals surface area contributed by atoms with Gasteiger partial charge in [-0.05, 0) is 6.92 Å². The smallest absolute Gasteiger partial charge is 0.0907 e. The average Bonchev–Trinajstić information content (AvgIpc) is 1.65. The third-order valence-corrected chi connectivity index (χ3v) is 3.23. The molecule has 0 aromatic heterocycles. The zero-order valence-electron chi connectivity index (χ0n) is 6.52. The van der Waals surface area contributed by atoms with Gasteiger partial charge in [0.15, 0.2) is 0 Å². The van der Waals surface area contributed by atoms with Gasteiger partial charge < -0.3 is 0 Å². The Kier molecular flexibility index (Phi) is 2.66. The van der Waals surface area contributed by atoms with Crippen LogP contribution in [0.2, 0.25) is 19.6 Å². The van der Waals surface area contributed by atoms with Gasteiger partial charge in [-0.15, -0.1) is 0 Å². The summed E-state index contributed by atoms with van der Waals surface area (Å²) in [7, 11) is -1.29. The molecule has 0 heterocycles. The van der Waals surface area contributed by atoms with Gasteiger partial charge in [-0.25, -0.2) is 0 Å². The van der Waals surface area contributed by atoms with Crippen molar-refractivity contribution in [3.8, 4) is 6.07 Å². The van der Waals surface area contributed by atoms with E-state index in [9.17, 15) is 0 Å². The number of hydrogen-bond donors (Lipinski definition) is 0. The van der Waals surface area contributed by atoms with Crippen molar-refractivity contribution in [2.75, 3.05) is 0 Å². The van der Waals surface area contributed by atoms with Crippen LogP contribution in [0.4, 0.5) is 0 Å². The van der Waals surface area contributed by atoms with Crippen molar-refractivity contribution in [3.63, 3.8) is 0 Å². The van der Waals surface area contributed by atoms with E-state index in [2.05, 4.69) is 25.7 Å². The van der Waals surface area contributed by atoms with E-state index in [1.165, 1.54) is 0 Å². The van der Waals surface area contributed by atoms with Gasteiger partial charge in [0, 0.05) is 5.20 Å². The highest BCUT2D eigenvalue weighted by atomic mass is 28.3. The van der Waals surface area contributed by atoms with Gasteiger partial charge in [0.25, 0.3) is 0 Å². The Morgan fingerprint density at radius 3 is 1.89 bits per heavy atom. The maximum Gasteiger partial charge on any atom is 0.0907 e. The SMILES string of the molecule is CC=C(C#N)[Si](C)(C)C. The average molecular weight is 139 g/mol. The van der Waals surface area contributed by atoms with Crippen molar-refractivity contribution in [2.24, 2.45) is 0 Å². The van der Waals surface area contributed by atoms with Crippen LogP contribution < -0.4 is 0 Å². The highest BCUT2D eigenvalue weighted by Crippen LogP contribution is 2.12. The molecule has 0 bridgehead atoms. The summed E-state index contributed by atoms with van der Waals surface area (Å²) in [5.41, 5.74) is 0. The van der Waals surface area contributed by atoms with Crippen LogP contribution in [0.15, 0.2) is 11.3 Å². The Morgan fingerprint density at radius 2 is 1.89 bits per heavy atom. The first-order valence-electron chi connectivity index (χ1n) is 3.09. The lowest BCUT2D eigenvalue weighted by molar-refractivity contribution is 1.49. The van der Waals surface area contributed by atoms with Crippen LogP contribution in [0.5, 0.6) is 0 Å². The lowest BCUT2D eigenvalue weighted by Crippen LogP contribution is -2.22. The van der Waals surface area contributed by atoms with E-state index >= 15 is 0 Å². The molecule has 0 unspecified atom stereocenters. The predicted octanol–water partition coefficient (Wildman–Crippen LogP) is 2.33. The lowest BCUT2D eigenvalue weighted by Gasteiger charge is -2.12. The van der Waals surface area contributed by atoms with Gasteiger partial charge in [0.05, 0.1) is 14.1 Å². The molecule has 0 aliphatic rings. The van der Waals surface area contributed by atoms with Gasteiger partial charge >= 0.3 is 0 Å². The molecule has 0 fully saturated rings. The second-order valence-electron chi connectivity index (χ2n) is 3.06. The molecular formula is C7H13NSi. The fraction of sp³-hybridized carbons (Fsp3) is 0.571. The molecule has 0 saturated heterocycles. The summed E-state index contributed by atoms with van der Waals surface area (Å²) in [5, 5.41) is 9.57. The minimum atomic E-state index is -1.29. The number of allylic oxidation sites excluding steroid dienone is 2. The molecule has 2 heteroatoms. The van der Waals surface area contributed by atoms with E-state index < -0.39 is 8.07 Å². The summed E-state index contributed by atoms with van der Waals surface area (Å²) in [6, 6.07) is 2.21. The van der Waals surface area contributed by atoms with Crippen molar-refractivity contribution in [1.82, 2.24) is 0 Å². The van der Waals surface area contributed by atoms with Crippen molar-refractivity contribution >= 4 is 8.07 Å². The Morgan fingerprint density at radius 1 is 1.44 bits per heavy atom. The zero-order chi connectivity index (χ0) is 7.49. The minimum absolute atomic E-state index is 0.988. The molecule has 0 aliphatic heterocycles. The topological polar surface area (TPSA) is 23.8 Å². The van der Waals surface area contributed by atoms with E-state index in [4.69, 9.17) is 5.26 Å². The number of nitrogens with zero attached hydrogens (tertiary/aromatic N) is 1. The zero-order valence-corrected chi connectivity index (χ0v) is 7.52. The van der Waals surface area contributed by atoms with E-state index in [0.717, 1.165) is 5.20 Å². The monoisotopic (exact) mass is 139 g/mol. The normalized spacial score (nSPS) is 13.0. The molecule has 0 atom stereocenters. The summed E-state index contributed by atoms with van der Waals surface area (Å²) in [4.78, 5) is 0. The lowest BCUT2D eigenvalue weighted by atomic mass is 10.6. The molecule has 0 amide bonds. The van der Waals surface area contributed by atoms with Crippen LogP contribution in [-0.2, 0) is 0 Å². The summed E-state index contributed by atoms with van der Waals surface area (Å²) >= 11 is 0. The maximum atomic E-state index is 8.58.